The molecule has 3 N–H and O–H groups in total. The van der Waals surface area contributed by atoms with Crippen LogP contribution in [0, 0.1) is 11.8 Å². The second-order valence-corrected chi connectivity index (χ2v) is 7.00. The molecule has 3 aromatic rings. The average molecular weight is 362 g/mol. The Labute approximate surface area is 155 Å². The van der Waals surface area contributed by atoms with E-state index >= 15 is 0 Å². The highest BCUT2D eigenvalue weighted by Gasteiger charge is 2.56. The van der Waals surface area contributed by atoms with Crippen LogP contribution in [0.25, 0.3) is 10.9 Å². The molecule has 1 amide bonds. The molecular formula is C19H18N6O2. The molecule has 27 heavy (non-hydrogen) atoms. The first kappa shape index (κ1) is 16.0. The lowest BCUT2D eigenvalue weighted by molar-refractivity contribution is 0.0705. The van der Waals surface area contributed by atoms with Crippen molar-refractivity contribution in [2.75, 3.05) is 23.3 Å². The van der Waals surface area contributed by atoms with Crippen LogP contribution >= 0.6 is 0 Å². The first-order chi connectivity index (χ1) is 13.2. The van der Waals surface area contributed by atoms with Crippen LogP contribution in [-0.2, 0) is 0 Å². The Hall–Kier alpha value is -3.26. The van der Waals surface area contributed by atoms with Gasteiger partial charge in [0.05, 0.1) is 11.1 Å². The number of piperidine rings is 1. The van der Waals surface area contributed by atoms with E-state index in [1.165, 1.54) is 12.4 Å². The van der Waals surface area contributed by atoms with Crippen LogP contribution < -0.4 is 15.7 Å². The third-order valence-corrected chi connectivity index (χ3v) is 5.39. The van der Waals surface area contributed by atoms with E-state index in [-0.39, 0.29) is 5.56 Å². The number of pyridine rings is 1. The molecule has 0 radical (unpaired) electrons. The number of carbonyl (C=O) groups is 1. The molecule has 1 aliphatic heterocycles. The first-order valence-corrected chi connectivity index (χ1v) is 8.87. The maximum Gasteiger partial charge on any atom is 0.277 e. The van der Waals surface area contributed by atoms with Gasteiger partial charge in [-0.3, -0.25) is 10.0 Å². The lowest BCUT2D eigenvalue weighted by Crippen LogP contribution is -2.29. The lowest BCUT2D eigenvalue weighted by atomic mass is 10.2. The minimum absolute atomic E-state index is 0.229. The van der Waals surface area contributed by atoms with Gasteiger partial charge in [-0.15, -0.1) is 0 Å². The zero-order chi connectivity index (χ0) is 18.4. The summed E-state index contributed by atoms with van der Waals surface area (Å²) in [5.41, 5.74) is 2.80. The Kier molecular flexibility index (Phi) is 3.64. The third-order valence-electron chi connectivity index (χ3n) is 5.39. The van der Waals surface area contributed by atoms with Gasteiger partial charge in [0, 0.05) is 48.7 Å². The maximum atomic E-state index is 11.3. The van der Waals surface area contributed by atoms with E-state index < -0.39 is 5.91 Å². The van der Waals surface area contributed by atoms with Gasteiger partial charge in [-0.05, 0) is 18.2 Å². The normalized spacial score (nSPS) is 23.1. The number of benzene rings is 1. The molecule has 2 aromatic heterocycles. The molecule has 0 spiro atoms. The largest absolute Gasteiger partial charge is 0.367 e. The van der Waals surface area contributed by atoms with Crippen molar-refractivity contribution >= 4 is 28.6 Å². The van der Waals surface area contributed by atoms with Crippen molar-refractivity contribution in [1.82, 2.24) is 20.4 Å². The topological polar surface area (TPSA) is 103 Å². The van der Waals surface area contributed by atoms with E-state index in [2.05, 4.69) is 37.3 Å². The van der Waals surface area contributed by atoms with Gasteiger partial charge < -0.3 is 10.2 Å². The van der Waals surface area contributed by atoms with Crippen LogP contribution in [0.1, 0.15) is 10.4 Å². The zero-order valence-electron chi connectivity index (χ0n) is 14.4. The highest BCUT2D eigenvalue weighted by molar-refractivity contribution is 5.92. The quantitative estimate of drug-likeness (QED) is 0.479. The van der Waals surface area contributed by atoms with Gasteiger partial charge in [-0.2, -0.15) is 0 Å². The fourth-order valence-electron chi connectivity index (χ4n) is 3.89. The number of hydrogen-bond donors (Lipinski definition) is 3. The number of hydrogen-bond acceptors (Lipinski definition) is 7. The van der Waals surface area contributed by atoms with Crippen molar-refractivity contribution in [2.24, 2.45) is 11.8 Å². The monoisotopic (exact) mass is 362 g/mol. The summed E-state index contributed by atoms with van der Waals surface area (Å²) in [5.74, 6) is 2.00. The maximum absolute atomic E-state index is 11.3. The molecular weight excluding hydrogens is 344 g/mol. The number of fused-ring (bicyclic) bond motifs is 2. The lowest BCUT2D eigenvalue weighted by Gasteiger charge is -2.20. The number of amides is 1. The molecule has 5 rings (SSSR count). The number of hydroxylamine groups is 1. The molecule has 2 aliphatic rings. The fourth-order valence-corrected chi connectivity index (χ4v) is 3.89. The van der Waals surface area contributed by atoms with Crippen LogP contribution in [0.2, 0.25) is 0 Å². The summed E-state index contributed by atoms with van der Waals surface area (Å²) in [6.45, 7) is 1.75. The van der Waals surface area contributed by atoms with E-state index in [0.717, 1.165) is 29.8 Å². The van der Waals surface area contributed by atoms with Gasteiger partial charge in [0.15, 0.2) is 0 Å². The number of aromatic nitrogens is 3. The minimum Gasteiger partial charge on any atom is -0.367 e. The minimum atomic E-state index is -0.613. The summed E-state index contributed by atoms with van der Waals surface area (Å²) in [4.78, 5) is 26.6. The predicted molar refractivity (Wildman–Crippen MR) is 99.6 cm³/mol. The van der Waals surface area contributed by atoms with Crippen molar-refractivity contribution in [2.45, 2.75) is 6.04 Å². The standard InChI is InChI=1S/C19H18N6O2/c26-18(24-27)12-7-20-19(21-8-12)25-9-13-14(10-25)17(13)23-16-6-5-11-3-1-2-4-15(11)22-16/h1-8,13-14,17,27H,9-10H2,(H,22,23)(H,24,26)/t13-,14+,17?. The van der Waals surface area contributed by atoms with E-state index in [1.54, 1.807) is 5.48 Å². The number of anilines is 2. The molecule has 2 fully saturated rings. The van der Waals surface area contributed by atoms with Crippen molar-refractivity contribution in [3.8, 4) is 0 Å². The summed E-state index contributed by atoms with van der Waals surface area (Å²) in [5, 5.41) is 13.3. The van der Waals surface area contributed by atoms with E-state index in [0.29, 0.717) is 23.8 Å². The Balaban J connectivity index is 1.22. The first-order valence-electron chi connectivity index (χ1n) is 8.87. The van der Waals surface area contributed by atoms with E-state index in [4.69, 9.17) is 5.21 Å². The molecule has 8 heteroatoms. The molecule has 3 atom stereocenters. The van der Waals surface area contributed by atoms with Gasteiger partial charge in [0.2, 0.25) is 5.95 Å². The molecule has 8 nitrogen and oxygen atoms in total. The molecule has 1 unspecified atom stereocenters. The highest BCUT2D eigenvalue weighted by Crippen LogP contribution is 2.47. The molecule has 1 saturated carbocycles. The number of carbonyl (C=O) groups excluding carboxylic acids is 1. The zero-order valence-corrected chi connectivity index (χ0v) is 14.4. The van der Waals surface area contributed by atoms with Gasteiger partial charge in [0.1, 0.15) is 5.82 Å². The van der Waals surface area contributed by atoms with Crippen molar-refractivity contribution in [3.05, 3.63) is 54.4 Å². The Morgan fingerprint density at radius 3 is 2.56 bits per heavy atom. The van der Waals surface area contributed by atoms with Gasteiger partial charge in [0.25, 0.3) is 5.91 Å². The summed E-state index contributed by atoms with van der Waals surface area (Å²) >= 11 is 0. The van der Waals surface area contributed by atoms with Crippen LogP contribution in [0.15, 0.2) is 48.8 Å². The summed E-state index contributed by atoms with van der Waals surface area (Å²) < 4.78 is 0. The van der Waals surface area contributed by atoms with Crippen molar-refractivity contribution < 1.29 is 10.0 Å². The molecule has 1 aliphatic carbocycles. The van der Waals surface area contributed by atoms with Crippen LogP contribution in [-0.4, -0.2) is 45.2 Å². The number of para-hydroxylation sites is 1. The Bertz CT molecular complexity index is 997. The van der Waals surface area contributed by atoms with Gasteiger partial charge >= 0.3 is 0 Å². The smallest absolute Gasteiger partial charge is 0.277 e. The SMILES string of the molecule is O=C(NO)c1cnc(N2C[C@@H]3C(Nc4ccc5ccccc5n4)[C@@H]3C2)nc1. The second-order valence-electron chi connectivity index (χ2n) is 7.00. The number of rotatable bonds is 4. The highest BCUT2D eigenvalue weighted by atomic mass is 16.5. The van der Waals surface area contributed by atoms with Crippen LogP contribution in [0.4, 0.5) is 11.8 Å². The predicted octanol–water partition coefficient (Wildman–Crippen LogP) is 1.69. The van der Waals surface area contributed by atoms with E-state index in [9.17, 15) is 4.79 Å². The Morgan fingerprint density at radius 1 is 1.07 bits per heavy atom. The molecule has 0 bridgehead atoms. The number of nitrogens with zero attached hydrogens (tertiary/aromatic N) is 4. The fraction of sp³-hybridized carbons (Fsp3) is 0.263. The average Bonchev–Trinajstić information content (AvgIpc) is 3.14. The number of nitrogens with one attached hydrogen (secondary N) is 2. The van der Waals surface area contributed by atoms with Gasteiger partial charge in [-0.1, -0.05) is 18.2 Å². The second kappa shape index (κ2) is 6.17. The summed E-state index contributed by atoms with van der Waals surface area (Å²) in [6.07, 6.45) is 2.85. The molecule has 1 aromatic carbocycles. The van der Waals surface area contributed by atoms with E-state index in [1.807, 2.05) is 24.3 Å². The molecule has 1 saturated heterocycles. The van der Waals surface area contributed by atoms with Crippen LogP contribution in [0.5, 0.6) is 0 Å². The van der Waals surface area contributed by atoms with Gasteiger partial charge in [-0.25, -0.2) is 20.4 Å². The Morgan fingerprint density at radius 2 is 1.81 bits per heavy atom. The van der Waals surface area contributed by atoms with Crippen molar-refractivity contribution in [3.63, 3.8) is 0 Å². The third kappa shape index (κ3) is 2.83. The summed E-state index contributed by atoms with van der Waals surface area (Å²) in [7, 11) is 0. The van der Waals surface area contributed by atoms with Crippen molar-refractivity contribution in [1.29, 1.82) is 0 Å². The molecule has 3 heterocycles. The molecule has 136 valence electrons. The van der Waals surface area contributed by atoms with Crippen LogP contribution in [0.3, 0.4) is 0 Å². The summed E-state index contributed by atoms with van der Waals surface area (Å²) in [6, 6.07) is 12.6.